The Bertz CT molecular complexity index is 524. The fourth-order valence-electron chi connectivity index (χ4n) is 1.55. The van der Waals surface area contributed by atoms with Crippen LogP contribution in [0, 0.1) is 0 Å². The number of nitrogens with one attached hydrogen (secondary N) is 1. The van der Waals surface area contributed by atoms with E-state index in [1.54, 1.807) is 6.92 Å². The number of carboxylic acids is 1. The molecule has 0 spiro atoms. The summed E-state index contributed by atoms with van der Waals surface area (Å²) in [5, 5.41) is 15.1. The lowest BCUT2D eigenvalue weighted by molar-refractivity contribution is -0.137. The average molecular weight is 267 g/mol. The fourth-order valence-corrected chi connectivity index (χ4v) is 1.55. The maximum absolute atomic E-state index is 11.8. The van der Waals surface area contributed by atoms with Crippen LogP contribution < -0.4 is 10.9 Å². The van der Waals surface area contributed by atoms with Crippen molar-refractivity contribution in [1.29, 1.82) is 0 Å². The van der Waals surface area contributed by atoms with Crippen molar-refractivity contribution in [1.82, 2.24) is 15.1 Å². The lowest BCUT2D eigenvalue weighted by Crippen LogP contribution is -2.36. The highest BCUT2D eigenvalue weighted by atomic mass is 16.4. The molecule has 1 rings (SSSR count). The van der Waals surface area contributed by atoms with Crippen LogP contribution >= 0.6 is 0 Å². The van der Waals surface area contributed by atoms with E-state index in [1.165, 1.54) is 16.8 Å². The Hall–Kier alpha value is -2.18. The summed E-state index contributed by atoms with van der Waals surface area (Å²) in [6.07, 6.45) is 0.563. The maximum atomic E-state index is 11.8. The Morgan fingerprint density at radius 1 is 1.47 bits per heavy atom. The maximum Gasteiger partial charge on any atom is 0.305 e. The van der Waals surface area contributed by atoms with E-state index < -0.39 is 17.9 Å². The molecule has 0 fully saturated rings. The summed E-state index contributed by atoms with van der Waals surface area (Å²) in [5.41, 5.74) is -0.165. The first kappa shape index (κ1) is 14.9. The minimum atomic E-state index is -0.989. The molecular weight excluding hydrogens is 250 g/mol. The van der Waals surface area contributed by atoms with Crippen LogP contribution in [-0.2, 0) is 11.3 Å². The zero-order valence-electron chi connectivity index (χ0n) is 10.9. The second-order valence-corrected chi connectivity index (χ2v) is 4.25. The van der Waals surface area contributed by atoms with Gasteiger partial charge in [-0.25, -0.2) is 4.68 Å². The number of amides is 1. The zero-order chi connectivity index (χ0) is 14.4. The molecule has 0 aliphatic carbocycles. The van der Waals surface area contributed by atoms with Gasteiger partial charge in [-0.3, -0.25) is 14.4 Å². The number of hydrogen-bond donors (Lipinski definition) is 2. The SMILES string of the molecule is CCCn1nc(C(=O)NC(C)CC(=O)O)ccc1=O. The van der Waals surface area contributed by atoms with E-state index in [0.717, 1.165) is 6.42 Å². The molecule has 1 aromatic heterocycles. The highest BCUT2D eigenvalue weighted by Gasteiger charge is 2.14. The quantitative estimate of drug-likeness (QED) is 0.769. The van der Waals surface area contributed by atoms with Crippen molar-refractivity contribution in [2.45, 2.75) is 39.3 Å². The Morgan fingerprint density at radius 3 is 2.74 bits per heavy atom. The summed E-state index contributed by atoms with van der Waals surface area (Å²) >= 11 is 0. The van der Waals surface area contributed by atoms with Crippen molar-refractivity contribution in [3.05, 3.63) is 28.2 Å². The molecule has 0 radical (unpaired) electrons. The van der Waals surface area contributed by atoms with Gasteiger partial charge in [-0.05, 0) is 19.4 Å². The zero-order valence-corrected chi connectivity index (χ0v) is 10.9. The number of aromatic nitrogens is 2. The van der Waals surface area contributed by atoms with E-state index in [0.29, 0.717) is 6.54 Å². The van der Waals surface area contributed by atoms with Crippen molar-refractivity contribution in [3.8, 4) is 0 Å². The van der Waals surface area contributed by atoms with E-state index in [1.807, 2.05) is 6.92 Å². The van der Waals surface area contributed by atoms with Gasteiger partial charge in [0.25, 0.3) is 11.5 Å². The van der Waals surface area contributed by atoms with Crippen molar-refractivity contribution in [2.75, 3.05) is 0 Å². The first-order valence-corrected chi connectivity index (χ1v) is 6.05. The lowest BCUT2D eigenvalue weighted by Gasteiger charge is -2.11. The van der Waals surface area contributed by atoms with Crippen LogP contribution in [0.4, 0.5) is 0 Å². The standard InChI is InChI=1S/C12H17N3O4/c1-3-6-15-10(16)5-4-9(14-15)12(19)13-8(2)7-11(17)18/h4-5,8H,3,6-7H2,1-2H3,(H,13,19)(H,17,18). The van der Waals surface area contributed by atoms with Gasteiger partial charge < -0.3 is 10.4 Å². The lowest BCUT2D eigenvalue weighted by atomic mass is 10.2. The number of carbonyl (C=O) groups is 2. The summed E-state index contributed by atoms with van der Waals surface area (Å²) in [6, 6.07) is 2.11. The molecule has 2 N–H and O–H groups in total. The minimum Gasteiger partial charge on any atom is -0.481 e. The second kappa shape index (κ2) is 6.67. The molecule has 19 heavy (non-hydrogen) atoms. The molecule has 7 nitrogen and oxygen atoms in total. The normalized spacial score (nSPS) is 11.9. The predicted octanol–water partition coefficient (Wildman–Crippen LogP) is 0.246. The van der Waals surface area contributed by atoms with Crippen LogP contribution in [-0.4, -0.2) is 32.8 Å². The van der Waals surface area contributed by atoms with Gasteiger partial charge in [-0.15, -0.1) is 0 Å². The summed E-state index contributed by atoms with van der Waals surface area (Å²) in [6.45, 7) is 3.93. The minimum absolute atomic E-state index is 0.102. The third kappa shape index (κ3) is 4.53. The molecule has 0 saturated heterocycles. The van der Waals surface area contributed by atoms with Gasteiger partial charge >= 0.3 is 5.97 Å². The van der Waals surface area contributed by atoms with E-state index in [-0.39, 0.29) is 17.7 Å². The monoisotopic (exact) mass is 267 g/mol. The second-order valence-electron chi connectivity index (χ2n) is 4.25. The largest absolute Gasteiger partial charge is 0.481 e. The van der Waals surface area contributed by atoms with Crippen LogP contribution in [0.15, 0.2) is 16.9 Å². The van der Waals surface area contributed by atoms with E-state index in [9.17, 15) is 14.4 Å². The summed E-state index contributed by atoms with van der Waals surface area (Å²) in [4.78, 5) is 33.8. The van der Waals surface area contributed by atoms with Crippen LogP contribution in [0.25, 0.3) is 0 Å². The Labute approximate surface area is 110 Å². The van der Waals surface area contributed by atoms with Crippen molar-refractivity contribution >= 4 is 11.9 Å². The highest BCUT2D eigenvalue weighted by molar-refractivity contribution is 5.92. The van der Waals surface area contributed by atoms with Crippen LogP contribution in [0.1, 0.15) is 37.2 Å². The molecular formula is C12H17N3O4. The number of aryl methyl sites for hydroxylation is 1. The number of carbonyl (C=O) groups excluding carboxylic acids is 1. The van der Waals surface area contributed by atoms with Gasteiger partial charge in [-0.2, -0.15) is 5.10 Å². The molecule has 7 heteroatoms. The predicted molar refractivity (Wildman–Crippen MR) is 68.0 cm³/mol. The van der Waals surface area contributed by atoms with Crippen molar-refractivity contribution in [2.24, 2.45) is 0 Å². The van der Waals surface area contributed by atoms with Crippen molar-refractivity contribution < 1.29 is 14.7 Å². The molecule has 0 aromatic carbocycles. The molecule has 1 atom stereocenters. The number of aliphatic carboxylic acids is 1. The Balaban J connectivity index is 2.79. The molecule has 1 heterocycles. The average Bonchev–Trinajstić information content (AvgIpc) is 2.30. The molecule has 0 bridgehead atoms. The van der Waals surface area contributed by atoms with Crippen LogP contribution in [0.3, 0.4) is 0 Å². The van der Waals surface area contributed by atoms with Crippen LogP contribution in [0.2, 0.25) is 0 Å². The summed E-state index contributed by atoms with van der Waals surface area (Å²) in [7, 11) is 0. The Morgan fingerprint density at radius 2 is 2.16 bits per heavy atom. The molecule has 1 aromatic rings. The van der Waals surface area contributed by atoms with E-state index >= 15 is 0 Å². The third-order valence-electron chi connectivity index (χ3n) is 2.39. The fraction of sp³-hybridized carbons (Fsp3) is 0.500. The molecule has 0 aliphatic heterocycles. The van der Waals surface area contributed by atoms with Crippen LogP contribution in [0.5, 0.6) is 0 Å². The van der Waals surface area contributed by atoms with E-state index in [2.05, 4.69) is 10.4 Å². The summed E-state index contributed by atoms with van der Waals surface area (Å²) in [5.74, 6) is -1.48. The molecule has 104 valence electrons. The van der Waals surface area contributed by atoms with Gasteiger partial charge in [0.05, 0.1) is 6.42 Å². The van der Waals surface area contributed by atoms with E-state index in [4.69, 9.17) is 5.11 Å². The topological polar surface area (TPSA) is 101 Å². The number of rotatable bonds is 6. The molecule has 0 saturated carbocycles. The third-order valence-corrected chi connectivity index (χ3v) is 2.39. The van der Waals surface area contributed by atoms with Gasteiger partial charge in [0.15, 0.2) is 0 Å². The molecule has 0 aliphatic rings. The first-order chi connectivity index (χ1) is 8.93. The summed E-state index contributed by atoms with van der Waals surface area (Å²) < 4.78 is 1.22. The molecule has 1 amide bonds. The van der Waals surface area contributed by atoms with Gasteiger partial charge in [-0.1, -0.05) is 6.92 Å². The smallest absolute Gasteiger partial charge is 0.305 e. The Kier molecular flexibility index (Phi) is 5.23. The first-order valence-electron chi connectivity index (χ1n) is 6.05. The number of nitrogens with zero attached hydrogens (tertiary/aromatic N) is 2. The number of hydrogen-bond acceptors (Lipinski definition) is 4. The highest BCUT2D eigenvalue weighted by Crippen LogP contribution is 1.96. The molecule has 1 unspecified atom stereocenters. The van der Waals surface area contributed by atoms with Gasteiger partial charge in [0.1, 0.15) is 5.69 Å². The van der Waals surface area contributed by atoms with Crippen molar-refractivity contribution in [3.63, 3.8) is 0 Å². The van der Waals surface area contributed by atoms with Gasteiger partial charge in [0.2, 0.25) is 0 Å². The number of carboxylic acid groups (broad SMARTS) is 1. The van der Waals surface area contributed by atoms with Gasteiger partial charge in [0, 0.05) is 18.7 Å².